The standard InChI is InChI=1S/C41H48/c1-2-41(33-17-31-38-23-11-5-12-24-38,34-18-32-39-25-13-6-14-26-39)35-40(29-15-27-36-19-7-3-8-20-36)30-16-28-37-21-9-4-10-22-37/h2-14,19-26,35H,1,15-18,27-34H2. The van der Waals surface area contributed by atoms with Crippen LogP contribution in [-0.4, -0.2) is 0 Å². The summed E-state index contributed by atoms with van der Waals surface area (Å²) in [4.78, 5) is 0. The minimum absolute atomic E-state index is 0.0401. The van der Waals surface area contributed by atoms with Gasteiger partial charge in [0, 0.05) is 5.41 Å². The highest BCUT2D eigenvalue weighted by atomic mass is 14.3. The summed E-state index contributed by atoms with van der Waals surface area (Å²) in [5, 5.41) is 0. The number of allylic oxidation sites excluding steroid dienone is 3. The Morgan fingerprint density at radius 2 is 0.780 bits per heavy atom. The number of hydrogen-bond acceptors (Lipinski definition) is 0. The molecule has 0 amide bonds. The summed E-state index contributed by atoms with van der Waals surface area (Å²) in [5.41, 5.74) is 7.41. The van der Waals surface area contributed by atoms with Crippen LogP contribution in [0.1, 0.15) is 73.6 Å². The van der Waals surface area contributed by atoms with E-state index < -0.39 is 0 Å². The van der Waals surface area contributed by atoms with E-state index in [1.165, 1.54) is 47.9 Å². The molecule has 0 spiro atoms. The molecule has 0 aliphatic carbocycles. The average Bonchev–Trinajstić information content (AvgIpc) is 3.03. The Bertz CT molecular complexity index is 1180. The molecule has 4 aromatic rings. The molecule has 0 heteroatoms. The lowest BCUT2D eigenvalue weighted by Gasteiger charge is -2.29. The molecule has 0 heterocycles. The van der Waals surface area contributed by atoms with Gasteiger partial charge in [-0.2, -0.15) is 0 Å². The molecule has 0 radical (unpaired) electrons. The molecule has 0 bridgehead atoms. The summed E-state index contributed by atoms with van der Waals surface area (Å²) in [7, 11) is 0. The first-order chi connectivity index (χ1) is 20.2. The maximum Gasteiger partial charge on any atom is 0.00612 e. The molecule has 0 nitrogen and oxygen atoms in total. The number of aryl methyl sites for hydroxylation is 4. The Hall–Kier alpha value is -3.64. The second-order valence-corrected chi connectivity index (χ2v) is 11.6. The third-order valence-electron chi connectivity index (χ3n) is 8.41. The summed E-state index contributed by atoms with van der Waals surface area (Å²) < 4.78 is 0. The van der Waals surface area contributed by atoms with Crippen LogP contribution in [0.4, 0.5) is 0 Å². The molecule has 0 aromatic heterocycles. The SMILES string of the molecule is C=CC(C=C(CCCc1ccccc1)CCCc1ccccc1)(CCCc1ccccc1)CCCc1ccccc1. The second-order valence-electron chi connectivity index (χ2n) is 11.6. The van der Waals surface area contributed by atoms with Crippen molar-refractivity contribution in [2.75, 3.05) is 0 Å². The lowest BCUT2D eigenvalue weighted by molar-refractivity contribution is 0.385. The van der Waals surface area contributed by atoms with E-state index in [9.17, 15) is 0 Å². The van der Waals surface area contributed by atoms with E-state index in [0.717, 1.165) is 51.4 Å². The van der Waals surface area contributed by atoms with Gasteiger partial charge in [0.25, 0.3) is 0 Å². The Morgan fingerprint density at radius 3 is 1.10 bits per heavy atom. The smallest absolute Gasteiger partial charge is 0.00612 e. The highest BCUT2D eigenvalue weighted by Crippen LogP contribution is 2.37. The summed E-state index contributed by atoms with van der Waals surface area (Å²) >= 11 is 0. The van der Waals surface area contributed by atoms with Crippen molar-refractivity contribution in [3.8, 4) is 0 Å². The van der Waals surface area contributed by atoms with Crippen LogP contribution in [0.25, 0.3) is 0 Å². The third-order valence-corrected chi connectivity index (χ3v) is 8.41. The first-order valence-corrected chi connectivity index (χ1v) is 15.7. The van der Waals surface area contributed by atoms with Crippen molar-refractivity contribution >= 4 is 0 Å². The van der Waals surface area contributed by atoms with Crippen LogP contribution in [0.3, 0.4) is 0 Å². The fraction of sp³-hybridized carbons (Fsp3) is 0.317. The van der Waals surface area contributed by atoms with Crippen LogP contribution in [0, 0.1) is 5.41 Å². The molecule has 212 valence electrons. The van der Waals surface area contributed by atoms with Gasteiger partial charge in [0.1, 0.15) is 0 Å². The summed E-state index contributed by atoms with van der Waals surface area (Å²) in [6, 6.07) is 43.8. The van der Waals surface area contributed by atoms with Crippen molar-refractivity contribution < 1.29 is 0 Å². The normalized spacial score (nSPS) is 11.2. The molecular weight excluding hydrogens is 492 g/mol. The third kappa shape index (κ3) is 11.0. The van der Waals surface area contributed by atoms with Crippen LogP contribution in [0.15, 0.2) is 146 Å². The maximum absolute atomic E-state index is 4.45. The molecule has 0 aliphatic rings. The van der Waals surface area contributed by atoms with Crippen LogP contribution in [0.5, 0.6) is 0 Å². The molecule has 0 saturated heterocycles. The lowest BCUT2D eigenvalue weighted by atomic mass is 9.75. The molecule has 41 heavy (non-hydrogen) atoms. The van der Waals surface area contributed by atoms with Crippen LogP contribution < -0.4 is 0 Å². The zero-order chi connectivity index (χ0) is 28.4. The van der Waals surface area contributed by atoms with Gasteiger partial charge in [-0.1, -0.05) is 139 Å². The molecule has 0 fully saturated rings. The Labute approximate surface area is 249 Å². The number of rotatable bonds is 18. The van der Waals surface area contributed by atoms with Crippen molar-refractivity contribution in [1.29, 1.82) is 0 Å². The lowest BCUT2D eigenvalue weighted by Crippen LogP contribution is -2.17. The van der Waals surface area contributed by atoms with Gasteiger partial charge in [-0.3, -0.25) is 0 Å². The van der Waals surface area contributed by atoms with Crippen molar-refractivity contribution in [3.63, 3.8) is 0 Å². The maximum atomic E-state index is 4.45. The Kier molecular flexibility index (Phi) is 12.7. The highest BCUT2D eigenvalue weighted by molar-refractivity contribution is 5.21. The summed E-state index contributed by atoms with van der Waals surface area (Å²) in [5.74, 6) is 0. The molecule has 4 aromatic carbocycles. The van der Waals surface area contributed by atoms with Crippen molar-refractivity contribution in [2.24, 2.45) is 5.41 Å². The highest BCUT2D eigenvalue weighted by Gasteiger charge is 2.24. The minimum atomic E-state index is 0.0401. The van der Waals surface area contributed by atoms with E-state index in [1.807, 2.05) is 0 Å². The second kappa shape index (κ2) is 17.2. The van der Waals surface area contributed by atoms with Gasteiger partial charge in [0.05, 0.1) is 0 Å². The molecule has 0 aliphatic heterocycles. The first kappa shape index (κ1) is 30.3. The van der Waals surface area contributed by atoms with Gasteiger partial charge in [-0.25, -0.2) is 0 Å². The first-order valence-electron chi connectivity index (χ1n) is 15.7. The monoisotopic (exact) mass is 540 g/mol. The van der Waals surface area contributed by atoms with Crippen molar-refractivity contribution in [2.45, 2.75) is 77.0 Å². The van der Waals surface area contributed by atoms with Crippen molar-refractivity contribution in [1.82, 2.24) is 0 Å². The van der Waals surface area contributed by atoms with Crippen LogP contribution in [-0.2, 0) is 25.7 Å². The molecule has 0 saturated carbocycles. The number of hydrogen-bond donors (Lipinski definition) is 0. The van der Waals surface area contributed by atoms with E-state index in [1.54, 1.807) is 5.57 Å². The van der Waals surface area contributed by atoms with E-state index in [2.05, 4.69) is 140 Å². The quantitative estimate of drug-likeness (QED) is 0.110. The largest absolute Gasteiger partial charge is 0.102 e. The minimum Gasteiger partial charge on any atom is -0.102 e. The predicted octanol–water partition coefficient (Wildman–Crippen LogP) is 11.2. The fourth-order valence-corrected chi connectivity index (χ4v) is 6.07. The van der Waals surface area contributed by atoms with E-state index in [-0.39, 0.29) is 5.41 Å². The zero-order valence-corrected chi connectivity index (χ0v) is 24.9. The molecular formula is C41H48. The van der Waals surface area contributed by atoms with Crippen molar-refractivity contribution in [3.05, 3.63) is 168 Å². The summed E-state index contributed by atoms with van der Waals surface area (Å²) in [6.45, 7) is 4.45. The number of benzene rings is 4. The average molecular weight is 541 g/mol. The topological polar surface area (TPSA) is 0 Å². The van der Waals surface area contributed by atoms with Gasteiger partial charge in [-0.15, -0.1) is 6.58 Å². The zero-order valence-electron chi connectivity index (χ0n) is 24.9. The van der Waals surface area contributed by atoms with Crippen LogP contribution in [0.2, 0.25) is 0 Å². The molecule has 0 unspecified atom stereocenters. The predicted molar refractivity (Wildman–Crippen MR) is 178 cm³/mol. The molecule has 0 atom stereocenters. The molecule has 0 N–H and O–H groups in total. The van der Waals surface area contributed by atoms with Crippen LogP contribution >= 0.6 is 0 Å². The Balaban J connectivity index is 1.49. The van der Waals surface area contributed by atoms with E-state index in [4.69, 9.17) is 0 Å². The van der Waals surface area contributed by atoms with Gasteiger partial charge < -0.3 is 0 Å². The van der Waals surface area contributed by atoms with E-state index in [0.29, 0.717) is 0 Å². The van der Waals surface area contributed by atoms with Gasteiger partial charge in [0.15, 0.2) is 0 Å². The Morgan fingerprint density at radius 1 is 0.463 bits per heavy atom. The van der Waals surface area contributed by atoms with E-state index >= 15 is 0 Å². The van der Waals surface area contributed by atoms with Gasteiger partial charge >= 0.3 is 0 Å². The summed E-state index contributed by atoms with van der Waals surface area (Å²) in [6.07, 6.45) is 18.9. The van der Waals surface area contributed by atoms with Gasteiger partial charge in [-0.05, 0) is 99.3 Å². The fourth-order valence-electron chi connectivity index (χ4n) is 6.07. The molecule has 4 rings (SSSR count). The van der Waals surface area contributed by atoms with Gasteiger partial charge in [0.2, 0.25) is 0 Å².